The number of unbranched alkanes of at least 4 members (excludes halogenated alkanes) is 3. The number of para-hydroxylation sites is 1. The van der Waals surface area contributed by atoms with E-state index >= 15 is 0 Å². The van der Waals surface area contributed by atoms with Gasteiger partial charge in [0.15, 0.2) is 0 Å². The fourth-order valence-corrected chi connectivity index (χ4v) is 1.77. The lowest BCUT2D eigenvalue weighted by molar-refractivity contribution is 0.0953. The van der Waals surface area contributed by atoms with Gasteiger partial charge in [0.05, 0.1) is 5.56 Å². The molecule has 0 radical (unpaired) electrons. The van der Waals surface area contributed by atoms with E-state index in [4.69, 9.17) is 10.8 Å². The van der Waals surface area contributed by atoms with E-state index < -0.39 is 0 Å². The number of benzene rings is 1. The first-order valence-corrected chi connectivity index (χ1v) is 6.41. The topological polar surface area (TPSA) is 75.3 Å². The summed E-state index contributed by atoms with van der Waals surface area (Å²) in [5.74, 6) is -0.113. The lowest BCUT2D eigenvalue weighted by Crippen LogP contribution is -2.25. The van der Waals surface area contributed by atoms with Crippen LogP contribution in [0.25, 0.3) is 0 Å². The van der Waals surface area contributed by atoms with E-state index in [0.29, 0.717) is 17.8 Å². The Morgan fingerprint density at radius 1 is 1.28 bits per heavy atom. The van der Waals surface area contributed by atoms with Crippen LogP contribution >= 0.6 is 0 Å². The summed E-state index contributed by atoms with van der Waals surface area (Å²) in [6, 6.07) is 5.46. The summed E-state index contributed by atoms with van der Waals surface area (Å²) in [5.41, 5.74) is 7.88. The number of nitrogens with one attached hydrogen (secondary N) is 1. The standard InChI is InChI=1S/C14H22N2O2/c1-11-7-6-8-12(13(11)15)14(18)16-9-4-2-3-5-10-17/h6-8,17H,2-5,9-10,15H2,1H3,(H,16,18). The Hall–Kier alpha value is -1.55. The molecule has 0 saturated carbocycles. The van der Waals surface area contributed by atoms with Crippen LogP contribution in [0.5, 0.6) is 0 Å². The molecule has 18 heavy (non-hydrogen) atoms. The number of nitrogen functional groups attached to an aromatic ring is 1. The maximum absolute atomic E-state index is 11.9. The van der Waals surface area contributed by atoms with Gasteiger partial charge in [0.2, 0.25) is 0 Å². The Morgan fingerprint density at radius 3 is 2.72 bits per heavy atom. The van der Waals surface area contributed by atoms with Gasteiger partial charge in [0.1, 0.15) is 0 Å². The second-order valence-corrected chi connectivity index (χ2v) is 4.43. The fraction of sp³-hybridized carbons (Fsp3) is 0.500. The zero-order valence-corrected chi connectivity index (χ0v) is 10.9. The number of carbonyl (C=O) groups excluding carboxylic acids is 1. The van der Waals surface area contributed by atoms with Crippen LogP contribution in [0.3, 0.4) is 0 Å². The molecule has 0 aliphatic carbocycles. The van der Waals surface area contributed by atoms with Crippen molar-refractivity contribution in [2.45, 2.75) is 32.6 Å². The second-order valence-electron chi connectivity index (χ2n) is 4.43. The third-order valence-corrected chi connectivity index (χ3v) is 2.94. The molecule has 0 unspecified atom stereocenters. The molecular formula is C14H22N2O2. The maximum atomic E-state index is 11.9. The first-order valence-electron chi connectivity index (χ1n) is 6.41. The number of amides is 1. The Balaban J connectivity index is 2.35. The van der Waals surface area contributed by atoms with Gasteiger partial charge in [-0.25, -0.2) is 0 Å². The van der Waals surface area contributed by atoms with E-state index in [1.165, 1.54) is 0 Å². The van der Waals surface area contributed by atoms with Crippen LogP contribution < -0.4 is 11.1 Å². The molecule has 0 saturated heterocycles. The van der Waals surface area contributed by atoms with Crippen LogP contribution in [0.1, 0.15) is 41.6 Å². The zero-order chi connectivity index (χ0) is 13.4. The van der Waals surface area contributed by atoms with Crippen LogP contribution in [0.15, 0.2) is 18.2 Å². The van der Waals surface area contributed by atoms with Crippen molar-refractivity contribution in [3.8, 4) is 0 Å². The molecule has 0 aliphatic rings. The average molecular weight is 250 g/mol. The SMILES string of the molecule is Cc1cccc(C(=O)NCCCCCCO)c1N. The highest BCUT2D eigenvalue weighted by molar-refractivity contribution is 5.99. The maximum Gasteiger partial charge on any atom is 0.253 e. The van der Waals surface area contributed by atoms with Crippen molar-refractivity contribution in [2.75, 3.05) is 18.9 Å². The number of aliphatic hydroxyl groups excluding tert-OH is 1. The van der Waals surface area contributed by atoms with Crippen LogP contribution in [0.4, 0.5) is 5.69 Å². The third kappa shape index (κ3) is 4.37. The highest BCUT2D eigenvalue weighted by Gasteiger charge is 2.09. The molecule has 0 fully saturated rings. The number of hydrogen-bond acceptors (Lipinski definition) is 3. The molecule has 0 aromatic heterocycles. The number of anilines is 1. The number of hydrogen-bond donors (Lipinski definition) is 3. The Bertz CT molecular complexity index is 391. The molecule has 4 heteroatoms. The molecule has 1 aromatic carbocycles. The largest absolute Gasteiger partial charge is 0.398 e. The molecule has 0 heterocycles. The normalized spacial score (nSPS) is 10.3. The van der Waals surface area contributed by atoms with Crippen LogP contribution in [0.2, 0.25) is 0 Å². The summed E-state index contributed by atoms with van der Waals surface area (Å²) in [5, 5.41) is 11.5. The number of aryl methyl sites for hydroxylation is 1. The minimum absolute atomic E-state index is 0.113. The van der Waals surface area contributed by atoms with E-state index in [9.17, 15) is 4.79 Å². The zero-order valence-electron chi connectivity index (χ0n) is 10.9. The van der Waals surface area contributed by atoms with Gasteiger partial charge in [0.25, 0.3) is 5.91 Å². The first-order chi connectivity index (χ1) is 8.66. The van der Waals surface area contributed by atoms with Gasteiger partial charge in [-0.15, -0.1) is 0 Å². The van der Waals surface area contributed by atoms with Gasteiger partial charge in [0, 0.05) is 18.8 Å². The summed E-state index contributed by atoms with van der Waals surface area (Å²) in [4.78, 5) is 11.9. The molecule has 100 valence electrons. The molecule has 4 nitrogen and oxygen atoms in total. The van der Waals surface area contributed by atoms with Crippen molar-refractivity contribution in [3.05, 3.63) is 29.3 Å². The van der Waals surface area contributed by atoms with E-state index in [1.54, 1.807) is 6.07 Å². The monoisotopic (exact) mass is 250 g/mol. The Morgan fingerprint density at radius 2 is 2.00 bits per heavy atom. The number of aliphatic hydroxyl groups is 1. The number of nitrogens with two attached hydrogens (primary N) is 1. The second kappa shape index (κ2) is 7.71. The van der Waals surface area contributed by atoms with Gasteiger partial charge in [-0.2, -0.15) is 0 Å². The van der Waals surface area contributed by atoms with Crippen molar-refractivity contribution in [3.63, 3.8) is 0 Å². The third-order valence-electron chi connectivity index (χ3n) is 2.94. The van der Waals surface area contributed by atoms with E-state index in [-0.39, 0.29) is 12.5 Å². The number of carbonyl (C=O) groups is 1. The molecule has 4 N–H and O–H groups in total. The molecule has 1 aromatic rings. The average Bonchev–Trinajstić information content (AvgIpc) is 2.36. The molecule has 0 bridgehead atoms. The highest BCUT2D eigenvalue weighted by Crippen LogP contribution is 2.16. The molecule has 0 spiro atoms. The van der Waals surface area contributed by atoms with Crippen molar-refractivity contribution in [1.29, 1.82) is 0 Å². The Labute approximate surface area is 108 Å². The highest BCUT2D eigenvalue weighted by atomic mass is 16.2. The number of rotatable bonds is 7. The molecular weight excluding hydrogens is 228 g/mol. The summed E-state index contributed by atoms with van der Waals surface area (Å²) in [7, 11) is 0. The van der Waals surface area contributed by atoms with E-state index in [1.807, 2.05) is 19.1 Å². The predicted molar refractivity (Wildman–Crippen MR) is 73.5 cm³/mol. The fourth-order valence-electron chi connectivity index (χ4n) is 1.77. The quantitative estimate of drug-likeness (QED) is 0.510. The summed E-state index contributed by atoms with van der Waals surface area (Å²) >= 11 is 0. The summed E-state index contributed by atoms with van der Waals surface area (Å²) in [6.45, 7) is 2.78. The lowest BCUT2D eigenvalue weighted by Gasteiger charge is -2.09. The van der Waals surface area contributed by atoms with Crippen molar-refractivity contribution < 1.29 is 9.90 Å². The van der Waals surface area contributed by atoms with Crippen molar-refractivity contribution >= 4 is 11.6 Å². The lowest BCUT2D eigenvalue weighted by atomic mass is 10.1. The first kappa shape index (κ1) is 14.5. The van der Waals surface area contributed by atoms with E-state index in [0.717, 1.165) is 31.2 Å². The molecule has 0 aliphatic heterocycles. The van der Waals surface area contributed by atoms with Crippen molar-refractivity contribution in [1.82, 2.24) is 5.32 Å². The van der Waals surface area contributed by atoms with Gasteiger partial charge in [-0.1, -0.05) is 25.0 Å². The van der Waals surface area contributed by atoms with E-state index in [2.05, 4.69) is 5.32 Å². The minimum Gasteiger partial charge on any atom is -0.398 e. The van der Waals surface area contributed by atoms with Crippen LogP contribution in [-0.4, -0.2) is 24.2 Å². The smallest absolute Gasteiger partial charge is 0.253 e. The summed E-state index contributed by atoms with van der Waals surface area (Å²) < 4.78 is 0. The molecule has 1 amide bonds. The van der Waals surface area contributed by atoms with Gasteiger partial charge in [-0.3, -0.25) is 4.79 Å². The van der Waals surface area contributed by atoms with Crippen molar-refractivity contribution in [2.24, 2.45) is 0 Å². The molecule has 1 rings (SSSR count). The predicted octanol–water partition coefficient (Wildman–Crippen LogP) is 1.86. The Kier molecular flexibility index (Phi) is 6.22. The minimum atomic E-state index is -0.113. The van der Waals surface area contributed by atoms with Gasteiger partial charge in [-0.05, 0) is 31.4 Å². The van der Waals surface area contributed by atoms with Gasteiger partial charge >= 0.3 is 0 Å². The van der Waals surface area contributed by atoms with Crippen LogP contribution in [0, 0.1) is 6.92 Å². The van der Waals surface area contributed by atoms with Gasteiger partial charge < -0.3 is 16.2 Å². The summed E-state index contributed by atoms with van der Waals surface area (Å²) in [6.07, 6.45) is 3.78. The van der Waals surface area contributed by atoms with Crippen LogP contribution in [-0.2, 0) is 0 Å². The molecule has 0 atom stereocenters.